The van der Waals surface area contributed by atoms with Gasteiger partial charge in [-0.15, -0.1) is 0 Å². The highest BCUT2D eigenvalue weighted by molar-refractivity contribution is 9.10. The molecule has 3 heteroatoms. The predicted octanol–water partition coefficient (Wildman–Crippen LogP) is 4.30. The standard InChI is InChI=1S/C14H11BrFN/c15-11-5-1-3-9(7-11)13-8-10-4-2-6-12(16)14(10)17-13/h1-7,13,17H,8H2. The van der Waals surface area contributed by atoms with Gasteiger partial charge < -0.3 is 5.32 Å². The minimum absolute atomic E-state index is 0.166. The van der Waals surface area contributed by atoms with Crippen molar-refractivity contribution in [2.75, 3.05) is 5.32 Å². The minimum atomic E-state index is -0.167. The molecule has 2 aromatic carbocycles. The van der Waals surface area contributed by atoms with Gasteiger partial charge >= 0.3 is 0 Å². The van der Waals surface area contributed by atoms with Gasteiger partial charge in [0.25, 0.3) is 0 Å². The van der Waals surface area contributed by atoms with E-state index in [0.29, 0.717) is 5.69 Å². The number of nitrogens with one attached hydrogen (secondary N) is 1. The lowest BCUT2D eigenvalue weighted by Crippen LogP contribution is -2.05. The van der Waals surface area contributed by atoms with Crippen LogP contribution in [-0.2, 0) is 6.42 Å². The summed E-state index contributed by atoms with van der Waals surface area (Å²) in [5, 5.41) is 3.25. The molecule has 1 N–H and O–H groups in total. The molecule has 0 saturated heterocycles. The Labute approximate surface area is 108 Å². The zero-order chi connectivity index (χ0) is 11.8. The number of halogens is 2. The second kappa shape index (κ2) is 4.15. The topological polar surface area (TPSA) is 12.0 Å². The number of anilines is 1. The van der Waals surface area contributed by atoms with Gasteiger partial charge in [-0.05, 0) is 35.7 Å². The van der Waals surface area contributed by atoms with Crippen LogP contribution in [0.25, 0.3) is 0 Å². The normalized spacial score (nSPS) is 17.6. The van der Waals surface area contributed by atoms with Crippen molar-refractivity contribution in [1.82, 2.24) is 0 Å². The summed E-state index contributed by atoms with van der Waals surface area (Å²) in [7, 11) is 0. The third-order valence-electron chi connectivity index (χ3n) is 3.09. The molecular formula is C14H11BrFN. The van der Waals surface area contributed by atoms with Gasteiger partial charge in [0, 0.05) is 4.47 Å². The minimum Gasteiger partial charge on any atom is -0.375 e. The molecule has 1 unspecified atom stereocenters. The van der Waals surface area contributed by atoms with Gasteiger partial charge in [0.1, 0.15) is 5.82 Å². The highest BCUT2D eigenvalue weighted by Crippen LogP contribution is 2.36. The van der Waals surface area contributed by atoms with Crippen molar-refractivity contribution in [3.8, 4) is 0 Å². The molecule has 0 radical (unpaired) electrons. The lowest BCUT2D eigenvalue weighted by Gasteiger charge is -2.12. The van der Waals surface area contributed by atoms with Crippen molar-refractivity contribution >= 4 is 21.6 Å². The van der Waals surface area contributed by atoms with E-state index in [9.17, 15) is 4.39 Å². The van der Waals surface area contributed by atoms with Gasteiger partial charge in [-0.3, -0.25) is 0 Å². The van der Waals surface area contributed by atoms with Gasteiger partial charge in [-0.25, -0.2) is 4.39 Å². The lowest BCUT2D eigenvalue weighted by molar-refractivity contribution is 0.630. The molecular weight excluding hydrogens is 281 g/mol. The average Bonchev–Trinajstić information content (AvgIpc) is 2.74. The van der Waals surface area contributed by atoms with E-state index in [4.69, 9.17) is 0 Å². The van der Waals surface area contributed by atoms with Crippen molar-refractivity contribution in [3.05, 3.63) is 63.9 Å². The molecule has 17 heavy (non-hydrogen) atoms. The maximum absolute atomic E-state index is 13.6. The summed E-state index contributed by atoms with van der Waals surface area (Å²) in [6.45, 7) is 0. The fourth-order valence-electron chi connectivity index (χ4n) is 2.27. The number of hydrogen-bond acceptors (Lipinski definition) is 1. The van der Waals surface area contributed by atoms with Gasteiger partial charge in [0.2, 0.25) is 0 Å². The molecule has 1 heterocycles. The zero-order valence-electron chi connectivity index (χ0n) is 9.08. The van der Waals surface area contributed by atoms with Gasteiger partial charge in [-0.2, -0.15) is 0 Å². The van der Waals surface area contributed by atoms with Crippen LogP contribution in [0.3, 0.4) is 0 Å². The molecule has 0 spiro atoms. The zero-order valence-corrected chi connectivity index (χ0v) is 10.7. The van der Waals surface area contributed by atoms with Crippen LogP contribution in [0.4, 0.5) is 10.1 Å². The van der Waals surface area contributed by atoms with Crippen molar-refractivity contribution in [1.29, 1.82) is 0 Å². The molecule has 0 bridgehead atoms. The maximum atomic E-state index is 13.6. The molecule has 2 aromatic rings. The third-order valence-corrected chi connectivity index (χ3v) is 3.59. The molecule has 86 valence electrons. The summed E-state index contributed by atoms with van der Waals surface area (Å²) in [6, 6.07) is 13.5. The summed E-state index contributed by atoms with van der Waals surface area (Å²) in [4.78, 5) is 0. The number of para-hydroxylation sites is 1. The van der Waals surface area contributed by atoms with E-state index in [-0.39, 0.29) is 11.9 Å². The first kappa shape index (κ1) is 10.8. The number of rotatable bonds is 1. The van der Waals surface area contributed by atoms with Crippen LogP contribution in [0.1, 0.15) is 17.2 Å². The number of hydrogen-bond donors (Lipinski definition) is 1. The first-order valence-electron chi connectivity index (χ1n) is 5.53. The molecule has 1 aliphatic rings. The summed E-state index contributed by atoms with van der Waals surface area (Å²) >= 11 is 3.46. The molecule has 3 rings (SSSR count). The van der Waals surface area contributed by atoms with E-state index in [1.165, 1.54) is 11.6 Å². The van der Waals surface area contributed by atoms with E-state index in [1.807, 2.05) is 18.2 Å². The van der Waals surface area contributed by atoms with Crippen molar-refractivity contribution < 1.29 is 4.39 Å². The largest absolute Gasteiger partial charge is 0.375 e. The Balaban J connectivity index is 1.94. The molecule has 0 aromatic heterocycles. The Hall–Kier alpha value is -1.35. The van der Waals surface area contributed by atoms with Crippen LogP contribution in [-0.4, -0.2) is 0 Å². The van der Waals surface area contributed by atoms with Crippen LogP contribution in [0.5, 0.6) is 0 Å². The fourth-order valence-corrected chi connectivity index (χ4v) is 2.69. The first-order chi connectivity index (χ1) is 8.24. The molecule has 0 fully saturated rings. The molecule has 1 aliphatic heterocycles. The smallest absolute Gasteiger partial charge is 0.146 e. The Kier molecular flexibility index (Phi) is 2.63. The predicted molar refractivity (Wildman–Crippen MR) is 70.6 cm³/mol. The lowest BCUT2D eigenvalue weighted by atomic mass is 10.0. The van der Waals surface area contributed by atoms with Crippen LogP contribution < -0.4 is 5.32 Å². The molecule has 0 amide bonds. The van der Waals surface area contributed by atoms with Gasteiger partial charge in [0.05, 0.1) is 11.7 Å². The SMILES string of the molecule is Fc1cccc2c1NC(c1cccc(Br)c1)C2. The Morgan fingerprint density at radius 1 is 1.18 bits per heavy atom. The summed E-state index contributed by atoms with van der Waals surface area (Å²) in [5.41, 5.74) is 2.88. The summed E-state index contributed by atoms with van der Waals surface area (Å²) < 4.78 is 14.6. The monoisotopic (exact) mass is 291 g/mol. The maximum Gasteiger partial charge on any atom is 0.146 e. The molecule has 1 atom stereocenters. The highest BCUT2D eigenvalue weighted by Gasteiger charge is 2.24. The number of benzene rings is 2. The first-order valence-corrected chi connectivity index (χ1v) is 6.33. The fraction of sp³-hybridized carbons (Fsp3) is 0.143. The average molecular weight is 292 g/mol. The summed E-state index contributed by atoms with van der Waals surface area (Å²) in [6.07, 6.45) is 0.837. The molecule has 0 aliphatic carbocycles. The number of fused-ring (bicyclic) bond motifs is 1. The Morgan fingerprint density at radius 2 is 2.00 bits per heavy atom. The second-order valence-corrected chi connectivity index (χ2v) is 5.15. The van der Waals surface area contributed by atoms with Crippen LogP contribution >= 0.6 is 15.9 Å². The van der Waals surface area contributed by atoms with E-state index in [2.05, 4.69) is 33.4 Å². The van der Waals surface area contributed by atoms with Crippen LogP contribution in [0.2, 0.25) is 0 Å². The van der Waals surface area contributed by atoms with Crippen LogP contribution in [0, 0.1) is 5.82 Å². The van der Waals surface area contributed by atoms with Crippen LogP contribution in [0.15, 0.2) is 46.9 Å². The Morgan fingerprint density at radius 3 is 2.76 bits per heavy atom. The van der Waals surface area contributed by atoms with E-state index in [0.717, 1.165) is 16.5 Å². The van der Waals surface area contributed by atoms with Gasteiger partial charge in [0.15, 0.2) is 0 Å². The molecule has 1 nitrogen and oxygen atoms in total. The quantitative estimate of drug-likeness (QED) is 0.826. The second-order valence-electron chi connectivity index (χ2n) is 4.23. The van der Waals surface area contributed by atoms with E-state index >= 15 is 0 Å². The van der Waals surface area contributed by atoms with E-state index in [1.54, 1.807) is 6.07 Å². The van der Waals surface area contributed by atoms with Crippen molar-refractivity contribution in [3.63, 3.8) is 0 Å². The summed E-state index contributed by atoms with van der Waals surface area (Å²) in [5.74, 6) is -0.167. The van der Waals surface area contributed by atoms with Gasteiger partial charge in [-0.1, -0.05) is 40.2 Å². The highest BCUT2D eigenvalue weighted by atomic mass is 79.9. The van der Waals surface area contributed by atoms with Crippen molar-refractivity contribution in [2.24, 2.45) is 0 Å². The third kappa shape index (κ3) is 1.95. The van der Waals surface area contributed by atoms with E-state index < -0.39 is 0 Å². The Bertz CT molecular complexity index is 568. The molecule has 0 saturated carbocycles. The van der Waals surface area contributed by atoms with Crippen molar-refractivity contribution in [2.45, 2.75) is 12.5 Å².